The van der Waals surface area contributed by atoms with Crippen LogP contribution in [0.4, 0.5) is 4.39 Å². The van der Waals surface area contributed by atoms with Crippen LogP contribution in [0.1, 0.15) is 31.4 Å². The van der Waals surface area contributed by atoms with Gasteiger partial charge in [0.25, 0.3) is 0 Å². The van der Waals surface area contributed by atoms with E-state index in [0.717, 1.165) is 18.6 Å². The van der Waals surface area contributed by atoms with Crippen LogP contribution >= 0.6 is 0 Å². The van der Waals surface area contributed by atoms with E-state index in [0.29, 0.717) is 18.1 Å². The fourth-order valence-electron chi connectivity index (χ4n) is 1.41. The molecule has 1 aromatic carbocycles. The fraction of sp³-hybridized carbons (Fsp3) is 0.467. The molecule has 0 aliphatic carbocycles. The standard InChI is InChI=1S/C15H20FNO/c1-12(2)7-9-18-11-13-5-6-15(16)14(10-13)4-3-8-17/h5-6,10,12H,7-9,11,17H2,1-2H3. The van der Waals surface area contributed by atoms with E-state index >= 15 is 0 Å². The second-order valence-corrected chi connectivity index (χ2v) is 4.56. The topological polar surface area (TPSA) is 35.2 Å². The quantitative estimate of drug-likeness (QED) is 0.643. The Balaban J connectivity index is 2.56. The highest BCUT2D eigenvalue weighted by atomic mass is 19.1. The number of hydrogen-bond donors (Lipinski definition) is 1. The maximum Gasteiger partial charge on any atom is 0.138 e. The molecule has 0 saturated carbocycles. The van der Waals surface area contributed by atoms with Crippen molar-refractivity contribution in [2.75, 3.05) is 13.2 Å². The highest BCUT2D eigenvalue weighted by Gasteiger charge is 2.02. The van der Waals surface area contributed by atoms with Crippen molar-refractivity contribution in [3.63, 3.8) is 0 Å². The summed E-state index contributed by atoms with van der Waals surface area (Å²) in [5.74, 6) is 5.68. The van der Waals surface area contributed by atoms with E-state index in [1.165, 1.54) is 6.07 Å². The molecule has 0 bridgehead atoms. The van der Waals surface area contributed by atoms with Crippen molar-refractivity contribution < 1.29 is 9.13 Å². The summed E-state index contributed by atoms with van der Waals surface area (Å²) < 4.78 is 18.9. The zero-order valence-electron chi connectivity index (χ0n) is 11.0. The lowest BCUT2D eigenvalue weighted by molar-refractivity contribution is 0.110. The van der Waals surface area contributed by atoms with Gasteiger partial charge in [-0.1, -0.05) is 31.8 Å². The molecule has 0 fully saturated rings. The molecule has 0 atom stereocenters. The number of nitrogens with two attached hydrogens (primary N) is 1. The van der Waals surface area contributed by atoms with Gasteiger partial charge >= 0.3 is 0 Å². The Hall–Kier alpha value is -1.37. The Morgan fingerprint density at radius 1 is 1.39 bits per heavy atom. The van der Waals surface area contributed by atoms with E-state index in [1.807, 2.05) is 0 Å². The summed E-state index contributed by atoms with van der Waals surface area (Å²) in [7, 11) is 0. The summed E-state index contributed by atoms with van der Waals surface area (Å²) in [6, 6.07) is 4.85. The first-order valence-corrected chi connectivity index (χ1v) is 6.18. The molecule has 0 unspecified atom stereocenters. The Bertz CT molecular complexity index is 432. The van der Waals surface area contributed by atoms with Crippen LogP contribution in [0.2, 0.25) is 0 Å². The molecule has 98 valence electrons. The summed E-state index contributed by atoms with van der Waals surface area (Å²) in [4.78, 5) is 0. The molecule has 18 heavy (non-hydrogen) atoms. The lowest BCUT2D eigenvalue weighted by Gasteiger charge is -2.07. The number of hydrogen-bond acceptors (Lipinski definition) is 2. The van der Waals surface area contributed by atoms with Crippen LogP contribution in [0.15, 0.2) is 18.2 Å². The molecule has 0 aliphatic heterocycles. The minimum Gasteiger partial charge on any atom is -0.377 e. The van der Waals surface area contributed by atoms with Crippen molar-refractivity contribution in [3.8, 4) is 11.8 Å². The maximum atomic E-state index is 13.4. The van der Waals surface area contributed by atoms with Crippen LogP contribution < -0.4 is 5.73 Å². The van der Waals surface area contributed by atoms with Gasteiger partial charge < -0.3 is 10.5 Å². The number of rotatable bonds is 5. The third-order valence-electron chi connectivity index (χ3n) is 2.46. The van der Waals surface area contributed by atoms with Crippen LogP contribution in [-0.2, 0) is 11.3 Å². The van der Waals surface area contributed by atoms with Gasteiger partial charge in [-0.25, -0.2) is 4.39 Å². The molecule has 0 radical (unpaired) electrons. The summed E-state index contributed by atoms with van der Waals surface area (Å²) in [6.07, 6.45) is 1.03. The van der Waals surface area contributed by atoms with Gasteiger partial charge in [0.05, 0.1) is 18.7 Å². The zero-order valence-corrected chi connectivity index (χ0v) is 11.0. The summed E-state index contributed by atoms with van der Waals surface area (Å²) >= 11 is 0. The fourth-order valence-corrected chi connectivity index (χ4v) is 1.41. The lowest BCUT2D eigenvalue weighted by atomic mass is 10.1. The molecule has 0 aliphatic rings. The Kier molecular flexibility index (Phi) is 6.42. The van der Waals surface area contributed by atoms with E-state index in [-0.39, 0.29) is 12.4 Å². The third-order valence-corrected chi connectivity index (χ3v) is 2.46. The molecular formula is C15H20FNO. The second-order valence-electron chi connectivity index (χ2n) is 4.56. The van der Waals surface area contributed by atoms with E-state index in [9.17, 15) is 4.39 Å². The zero-order chi connectivity index (χ0) is 13.4. The summed E-state index contributed by atoms with van der Waals surface area (Å²) in [5, 5.41) is 0. The first kappa shape index (κ1) is 14.7. The average Bonchev–Trinajstić information content (AvgIpc) is 2.34. The predicted octanol–water partition coefficient (Wildman–Crippen LogP) is 2.70. The molecule has 0 aromatic heterocycles. The van der Waals surface area contributed by atoms with Crippen molar-refractivity contribution in [3.05, 3.63) is 35.1 Å². The smallest absolute Gasteiger partial charge is 0.138 e. The Morgan fingerprint density at radius 3 is 2.83 bits per heavy atom. The molecule has 3 heteroatoms. The lowest BCUT2D eigenvalue weighted by Crippen LogP contribution is -2.00. The van der Waals surface area contributed by atoms with Crippen molar-refractivity contribution in [1.82, 2.24) is 0 Å². The molecule has 1 aromatic rings. The molecule has 0 heterocycles. The first-order chi connectivity index (χ1) is 8.63. The minimum atomic E-state index is -0.318. The molecule has 2 N–H and O–H groups in total. The van der Waals surface area contributed by atoms with Crippen molar-refractivity contribution in [1.29, 1.82) is 0 Å². The molecular weight excluding hydrogens is 229 g/mol. The van der Waals surface area contributed by atoms with Crippen LogP contribution in [0.3, 0.4) is 0 Å². The van der Waals surface area contributed by atoms with E-state index < -0.39 is 0 Å². The average molecular weight is 249 g/mol. The van der Waals surface area contributed by atoms with Gasteiger partial charge in [0.15, 0.2) is 0 Å². The van der Waals surface area contributed by atoms with Gasteiger partial charge in [-0.05, 0) is 30.0 Å². The monoisotopic (exact) mass is 249 g/mol. The van der Waals surface area contributed by atoms with Crippen LogP contribution in [0, 0.1) is 23.6 Å². The van der Waals surface area contributed by atoms with Gasteiger partial charge in [0.1, 0.15) is 5.82 Å². The van der Waals surface area contributed by atoms with Gasteiger partial charge in [-0.3, -0.25) is 0 Å². The number of benzene rings is 1. The molecule has 0 amide bonds. The van der Waals surface area contributed by atoms with E-state index in [2.05, 4.69) is 25.7 Å². The van der Waals surface area contributed by atoms with Gasteiger partial charge in [-0.2, -0.15) is 0 Å². The van der Waals surface area contributed by atoms with E-state index in [1.54, 1.807) is 12.1 Å². The number of ether oxygens (including phenoxy) is 1. The minimum absolute atomic E-state index is 0.231. The van der Waals surface area contributed by atoms with Gasteiger partial charge in [0, 0.05) is 6.61 Å². The van der Waals surface area contributed by atoms with Gasteiger partial charge in [0.2, 0.25) is 0 Å². The first-order valence-electron chi connectivity index (χ1n) is 6.18. The highest BCUT2D eigenvalue weighted by Crippen LogP contribution is 2.11. The summed E-state index contributed by atoms with van der Waals surface area (Å²) in [6.45, 7) is 5.75. The Morgan fingerprint density at radius 2 is 2.17 bits per heavy atom. The third kappa shape index (κ3) is 5.31. The molecule has 0 saturated heterocycles. The largest absolute Gasteiger partial charge is 0.377 e. The normalized spacial score (nSPS) is 10.3. The van der Waals surface area contributed by atoms with Crippen LogP contribution in [0.5, 0.6) is 0 Å². The molecule has 1 rings (SSSR count). The molecule has 0 spiro atoms. The summed E-state index contributed by atoms with van der Waals surface area (Å²) in [5.41, 5.74) is 6.58. The highest BCUT2D eigenvalue weighted by molar-refractivity contribution is 5.38. The van der Waals surface area contributed by atoms with E-state index in [4.69, 9.17) is 10.5 Å². The SMILES string of the molecule is CC(C)CCOCc1ccc(F)c(C#CCN)c1. The van der Waals surface area contributed by atoms with Crippen LogP contribution in [0.25, 0.3) is 0 Å². The molecule has 2 nitrogen and oxygen atoms in total. The van der Waals surface area contributed by atoms with Crippen molar-refractivity contribution >= 4 is 0 Å². The number of halogens is 1. The second kappa shape index (κ2) is 7.86. The Labute approximate surface area is 108 Å². The van der Waals surface area contributed by atoms with Crippen LogP contribution in [-0.4, -0.2) is 13.2 Å². The van der Waals surface area contributed by atoms with Crippen molar-refractivity contribution in [2.45, 2.75) is 26.9 Å². The maximum absolute atomic E-state index is 13.4. The van der Waals surface area contributed by atoms with Gasteiger partial charge in [-0.15, -0.1) is 0 Å². The predicted molar refractivity (Wildman–Crippen MR) is 71.4 cm³/mol. The van der Waals surface area contributed by atoms with Crippen molar-refractivity contribution in [2.24, 2.45) is 11.7 Å².